The molecule has 8 nitrogen and oxygen atoms in total. The molecular formula is C20H18FN3O5S. The van der Waals surface area contributed by atoms with Gasteiger partial charge >= 0.3 is 0 Å². The lowest BCUT2D eigenvalue weighted by atomic mass is 10.3. The first-order valence-electron chi connectivity index (χ1n) is 8.75. The van der Waals surface area contributed by atoms with E-state index >= 15 is 0 Å². The lowest BCUT2D eigenvalue weighted by molar-refractivity contribution is -0.128. The first-order valence-corrected chi connectivity index (χ1v) is 10.2. The maximum absolute atomic E-state index is 13.1. The molecule has 1 heterocycles. The van der Waals surface area contributed by atoms with Gasteiger partial charge in [-0.05, 0) is 54.6 Å². The van der Waals surface area contributed by atoms with Gasteiger partial charge in [-0.25, -0.2) is 18.3 Å². The van der Waals surface area contributed by atoms with Crippen molar-refractivity contribution in [2.24, 2.45) is 0 Å². The quantitative estimate of drug-likeness (QED) is 0.370. The number of rotatable bonds is 8. The smallest absolute Gasteiger partial charge is 0.257 e. The van der Waals surface area contributed by atoms with Crippen molar-refractivity contribution >= 4 is 15.7 Å². The average molecular weight is 431 g/mol. The maximum Gasteiger partial charge on any atom is 0.257 e. The lowest BCUT2D eigenvalue weighted by Crippen LogP contribution is -2.31. The van der Waals surface area contributed by atoms with Gasteiger partial charge in [0.1, 0.15) is 17.3 Å². The number of hydrogen-bond acceptors (Lipinski definition) is 7. The molecule has 0 saturated carbocycles. The van der Waals surface area contributed by atoms with E-state index in [1.54, 1.807) is 0 Å². The van der Waals surface area contributed by atoms with E-state index in [-0.39, 0.29) is 28.7 Å². The van der Waals surface area contributed by atoms with Gasteiger partial charge in [-0.3, -0.25) is 15.0 Å². The van der Waals surface area contributed by atoms with Crippen LogP contribution < -0.4 is 15.5 Å². The Balaban J connectivity index is 1.78. The first-order chi connectivity index (χ1) is 14.4. The number of pyridine rings is 1. The minimum Gasteiger partial charge on any atom is -0.457 e. The number of nitrogens with zero attached hydrogens (tertiary/aromatic N) is 1. The number of carbonyl (C=O) groups excluding carboxylic acids is 1. The zero-order chi connectivity index (χ0) is 21.6. The summed E-state index contributed by atoms with van der Waals surface area (Å²) in [5.74, 6) is -0.225. The van der Waals surface area contributed by atoms with Gasteiger partial charge in [0.2, 0.25) is 9.84 Å². The molecule has 30 heavy (non-hydrogen) atoms. The van der Waals surface area contributed by atoms with Crippen molar-refractivity contribution in [3.8, 4) is 11.5 Å². The van der Waals surface area contributed by atoms with Crippen molar-refractivity contribution in [1.82, 2.24) is 15.8 Å². The highest BCUT2D eigenvalue weighted by molar-refractivity contribution is 7.91. The number of sulfone groups is 1. The summed E-state index contributed by atoms with van der Waals surface area (Å²) in [4.78, 5) is 15.1. The summed E-state index contributed by atoms with van der Waals surface area (Å²) in [6.45, 7) is -0.137. The molecule has 2 aromatic carbocycles. The van der Waals surface area contributed by atoms with Gasteiger partial charge in [0.15, 0.2) is 0 Å². The molecule has 0 bridgehead atoms. The van der Waals surface area contributed by atoms with Crippen LogP contribution in [0, 0.1) is 5.82 Å². The molecule has 0 fully saturated rings. The number of halogens is 1. The number of carbonyl (C=O) groups is 1. The Hall–Kier alpha value is -3.34. The summed E-state index contributed by atoms with van der Waals surface area (Å²) < 4.78 is 44.7. The molecule has 0 saturated heterocycles. The molecular weight excluding hydrogens is 413 g/mol. The van der Waals surface area contributed by atoms with Crippen LogP contribution in [0.5, 0.6) is 11.5 Å². The van der Waals surface area contributed by atoms with Crippen molar-refractivity contribution in [3.63, 3.8) is 0 Å². The van der Waals surface area contributed by atoms with E-state index in [1.165, 1.54) is 72.5 Å². The third kappa shape index (κ3) is 5.17. The van der Waals surface area contributed by atoms with Crippen LogP contribution in [0.15, 0.2) is 76.8 Å². The zero-order valence-corrected chi connectivity index (χ0v) is 16.4. The molecule has 0 unspecified atom stereocenters. The Morgan fingerprint density at radius 1 is 1.03 bits per heavy atom. The third-order valence-corrected chi connectivity index (χ3v) is 5.93. The molecule has 1 amide bonds. The molecule has 0 atom stereocenters. The zero-order valence-electron chi connectivity index (χ0n) is 15.6. The van der Waals surface area contributed by atoms with Gasteiger partial charge in [-0.2, -0.15) is 0 Å². The van der Waals surface area contributed by atoms with Crippen LogP contribution in [0.4, 0.5) is 4.39 Å². The molecule has 3 aromatic rings. The number of hydrogen-bond donors (Lipinski definition) is 3. The van der Waals surface area contributed by atoms with Gasteiger partial charge in [0, 0.05) is 24.5 Å². The second-order valence-electron chi connectivity index (χ2n) is 6.15. The number of ether oxygens (including phenoxy) is 1. The minimum absolute atomic E-state index is 0.0432. The highest BCUT2D eigenvalue weighted by Gasteiger charge is 2.21. The van der Waals surface area contributed by atoms with E-state index in [0.29, 0.717) is 17.1 Å². The predicted molar refractivity (Wildman–Crippen MR) is 104 cm³/mol. The first kappa shape index (κ1) is 21.4. The topological polar surface area (TPSA) is 118 Å². The summed E-state index contributed by atoms with van der Waals surface area (Å²) in [5, 5.41) is 11.3. The average Bonchev–Trinajstić information content (AvgIpc) is 2.76. The molecule has 1 aromatic heterocycles. The SMILES string of the molecule is O=C(CNCc1cnccc1S(=O)(=O)c1ccc(Oc2ccc(F)cc2)cc1)NO. The molecule has 0 aliphatic carbocycles. The van der Waals surface area contributed by atoms with Crippen LogP contribution in [0.3, 0.4) is 0 Å². The Labute approximate surface area is 172 Å². The molecule has 0 spiro atoms. The van der Waals surface area contributed by atoms with Gasteiger partial charge in [-0.1, -0.05) is 0 Å². The lowest BCUT2D eigenvalue weighted by Gasteiger charge is -2.11. The standard InChI is InChI=1S/C20H18FN3O5S/c21-15-1-3-16(4-2-15)29-17-5-7-18(8-6-17)30(27,28)19-9-10-22-11-14(19)12-23-13-20(25)24-26/h1-11,23,26H,12-13H2,(H,24,25). The van der Waals surface area contributed by atoms with Crippen LogP contribution in [-0.2, 0) is 21.2 Å². The number of aromatic nitrogens is 1. The van der Waals surface area contributed by atoms with Gasteiger partial charge < -0.3 is 10.1 Å². The third-order valence-electron chi connectivity index (χ3n) is 4.06. The van der Waals surface area contributed by atoms with E-state index in [0.717, 1.165) is 0 Å². The van der Waals surface area contributed by atoms with Gasteiger partial charge in [-0.15, -0.1) is 0 Å². The molecule has 0 radical (unpaired) electrons. The monoisotopic (exact) mass is 431 g/mol. The van der Waals surface area contributed by atoms with Crippen molar-refractivity contribution in [2.75, 3.05) is 6.54 Å². The van der Waals surface area contributed by atoms with Crippen molar-refractivity contribution in [1.29, 1.82) is 0 Å². The van der Waals surface area contributed by atoms with E-state index in [2.05, 4.69) is 10.3 Å². The summed E-state index contributed by atoms with van der Waals surface area (Å²) in [6, 6.07) is 12.6. The predicted octanol–water partition coefficient (Wildman–Crippen LogP) is 2.44. The van der Waals surface area contributed by atoms with Crippen molar-refractivity contribution < 1.29 is 27.5 Å². The Bertz CT molecular complexity index is 1120. The minimum atomic E-state index is -3.86. The van der Waals surface area contributed by atoms with Crippen LogP contribution in [0.25, 0.3) is 0 Å². The molecule has 10 heteroatoms. The van der Waals surface area contributed by atoms with Crippen LogP contribution in [0.1, 0.15) is 5.56 Å². The number of nitrogens with one attached hydrogen (secondary N) is 2. The van der Waals surface area contributed by atoms with Crippen LogP contribution in [0.2, 0.25) is 0 Å². The molecule has 156 valence electrons. The highest BCUT2D eigenvalue weighted by Crippen LogP contribution is 2.27. The van der Waals surface area contributed by atoms with Crippen molar-refractivity contribution in [2.45, 2.75) is 16.3 Å². The Kier molecular flexibility index (Phi) is 6.72. The number of benzene rings is 2. The van der Waals surface area contributed by atoms with E-state index < -0.39 is 15.7 Å². The molecule has 3 N–H and O–H groups in total. The fourth-order valence-electron chi connectivity index (χ4n) is 2.61. The maximum atomic E-state index is 13.1. The second kappa shape index (κ2) is 9.44. The Morgan fingerprint density at radius 3 is 2.30 bits per heavy atom. The Morgan fingerprint density at radius 2 is 1.67 bits per heavy atom. The summed E-state index contributed by atoms with van der Waals surface area (Å²) in [5.41, 5.74) is 1.85. The van der Waals surface area contributed by atoms with E-state index in [9.17, 15) is 17.6 Å². The van der Waals surface area contributed by atoms with E-state index in [4.69, 9.17) is 9.94 Å². The summed E-state index contributed by atoms with van der Waals surface area (Å²) >= 11 is 0. The second-order valence-corrected chi connectivity index (χ2v) is 8.07. The van der Waals surface area contributed by atoms with Gasteiger partial charge in [0.05, 0.1) is 16.3 Å². The van der Waals surface area contributed by atoms with Crippen LogP contribution in [-0.4, -0.2) is 31.1 Å². The van der Waals surface area contributed by atoms with Crippen molar-refractivity contribution in [3.05, 3.63) is 78.4 Å². The van der Waals surface area contributed by atoms with E-state index in [1.807, 2.05) is 0 Å². The fourth-order valence-corrected chi connectivity index (χ4v) is 4.07. The highest BCUT2D eigenvalue weighted by atomic mass is 32.2. The van der Waals surface area contributed by atoms with Crippen LogP contribution >= 0.6 is 0 Å². The normalized spacial score (nSPS) is 11.1. The summed E-state index contributed by atoms with van der Waals surface area (Å²) in [7, 11) is -3.86. The molecule has 0 aliphatic rings. The molecule has 3 rings (SSSR count). The largest absolute Gasteiger partial charge is 0.457 e. The number of amides is 1. The van der Waals surface area contributed by atoms with Gasteiger partial charge in [0.25, 0.3) is 5.91 Å². The number of hydroxylamine groups is 1. The fraction of sp³-hybridized carbons (Fsp3) is 0.100. The molecule has 0 aliphatic heterocycles. The summed E-state index contributed by atoms with van der Waals surface area (Å²) in [6.07, 6.45) is 2.76.